The van der Waals surface area contributed by atoms with E-state index in [-0.39, 0.29) is 22.4 Å². The van der Waals surface area contributed by atoms with Crippen LogP contribution in [0.25, 0.3) is 11.0 Å². The molecule has 0 atom stereocenters. The molecule has 1 heterocycles. The number of carbonyl (C=O) groups excluding carboxylic acids is 1. The summed E-state index contributed by atoms with van der Waals surface area (Å²) in [5, 5.41) is 2.76. The van der Waals surface area contributed by atoms with Gasteiger partial charge in [0.25, 0.3) is 0 Å². The number of aromatic amines is 2. The molecule has 0 aliphatic heterocycles. The Bertz CT molecular complexity index is 938. The van der Waals surface area contributed by atoms with E-state index in [1.807, 2.05) is 0 Å². The molecule has 8 heteroatoms. The van der Waals surface area contributed by atoms with E-state index in [1.165, 1.54) is 23.9 Å². The summed E-state index contributed by atoms with van der Waals surface area (Å²) in [7, 11) is 0. The van der Waals surface area contributed by atoms with Crippen molar-refractivity contribution in [3.63, 3.8) is 0 Å². The number of benzene rings is 2. The molecule has 0 radical (unpaired) electrons. The highest BCUT2D eigenvalue weighted by Gasteiger charge is 2.07. The first-order valence-corrected chi connectivity index (χ1v) is 7.97. The van der Waals surface area contributed by atoms with Crippen molar-refractivity contribution in [2.24, 2.45) is 0 Å². The van der Waals surface area contributed by atoms with Crippen molar-refractivity contribution in [2.75, 3.05) is 11.1 Å². The number of aromatic nitrogens is 2. The molecular weight excluding hydrogens is 341 g/mol. The lowest BCUT2D eigenvalue weighted by Gasteiger charge is -2.06. The molecule has 0 saturated heterocycles. The maximum Gasteiger partial charge on any atom is 0.323 e. The van der Waals surface area contributed by atoms with Crippen molar-refractivity contribution >= 4 is 46.0 Å². The lowest BCUT2D eigenvalue weighted by atomic mass is 10.3. The fourth-order valence-electron chi connectivity index (χ4n) is 2.02. The maximum absolute atomic E-state index is 13.1. The molecule has 2 aromatic carbocycles. The van der Waals surface area contributed by atoms with Crippen LogP contribution in [-0.2, 0) is 4.79 Å². The van der Waals surface area contributed by atoms with E-state index in [2.05, 4.69) is 15.3 Å². The minimum atomic E-state index is -0.491. The van der Waals surface area contributed by atoms with E-state index in [9.17, 15) is 14.0 Å². The summed E-state index contributed by atoms with van der Waals surface area (Å²) in [6.45, 7) is 0. The van der Waals surface area contributed by atoms with Crippen molar-refractivity contribution < 1.29 is 9.18 Å². The second kappa shape index (κ2) is 6.47. The number of anilines is 1. The number of hydrogen-bond donors (Lipinski definition) is 3. The number of halogens is 2. The first-order valence-electron chi connectivity index (χ1n) is 6.61. The minimum Gasteiger partial charge on any atom is -0.325 e. The number of nitrogens with one attached hydrogen (secondary N) is 3. The average molecular weight is 352 g/mol. The summed E-state index contributed by atoms with van der Waals surface area (Å²) in [6.07, 6.45) is 0. The largest absolute Gasteiger partial charge is 0.325 e. The molecule has 0 aliphatic carbocycles. The van der Waals surface area contributed by atoms with Crippen LogP contribution in [0.3, 0.4) is 0 Å². The first kappa shape index (κ1) is 15.6. The van der Waals surface area contributed by atoms with Gasteiger partial charge in [-0.05, 0) is 36.4 Å². The number of amides is 1. The number of H-pyrrole nitrogens is 2. The molecule has 23 heavy (non-hydrogen) atoms. The van der Waals surface area contributed by atoms with E-state index in [4.69, 9.17) is 11.6 Å². The molecule has 0 saturated carbocycles. The fraction of sp³-hybridized carbons (Fsp3) is 0.0667. The van der Waals surface area contributed by atoms with Gasteiger partial charge in [0.05, 0.1) is 21.8 Å². The quantitative estimate of drug-likeness (QED) is 0.630. The van der Waals surface area contributed by atoms with Gasteiger partial charge in [0.15, 0.2) is 0 Å². The van der Waals surface area contributed by atoms with Gasteiger partial charge < -0.3 is 15.3 Å². The second-order valence-corrected chi connectivity index (χ2v) is 6.21. The predicted octanol–water partition coefficient (Wildman–Crippen LogP) is 3.38. The molecular formula is C15H11ClFN3O2S. The van der Waals surface area contributed by atoms with Crippen LogP contribution in [0.15, 0.2) is 46.1 Å². The zero-order valence-electron chi connectivity index (χ0n) is 11.7. The van der Waals surface area contributed by atoms with E-state index >= 15 is 0 Å². The van der Waals surface area contributed by atoms with Crippen LogP contribution in [-0.4, -0.2) is 21.6 Å². The van der Waals surface area contributed by atoms with E-state index < -0.39 is 5.82 Å². The van der Waals surface area contributed by atoms with Gasteiger partial charge in [0.1, 0.15) is 5.82 Å². The number of rotatable bonds is 4. The van der Waals surface area contributed by atoms with Gasteiger partial charge in [0.2, 0.25) is 5.91 Å². The standard InChI is InChI=1S/C15H11ClFN3O2S/c16-10-6-9(2-3-11(10)17)23-7-14(21)18-8-1-4-12-13(5-8)20-15(22)19-12/h1-6H,7H2,(H,18,21)(H2,19,20,22). The highest BCUT2D eigenvalue weighted by Crippen LogP contribution is 2.24. The molecule has 1 amide bonds. The molecule has 0 bridgehead atoms. The summed E-state index contributed by atoms with van der Waals surface area (Å²) >= 11 is 6.95. The smallest absolute Gasteiger partial charge is 0.323 e. The molecule has 118 valence electrons. The van der Waals surface area contributed by atoms with Gasteiger partial charge in [-0.1, -0.05) is 11.6 Å². The van der Waals surface area contributed by atoms with Gasteiger partial charge in [-0.15, -0.1) is 11.8 Å². The molecule has 5 nitrogen and oxygen atoms in total. The number of imidazole rings is 1. The van der Waals surface area contributed by atoms with Crippen molar-refractivity contribution in [3.05, 3.63) is 57.7 Å². The van der Waals surface area contributed by atoms with Gasteiger partial charge in [-0.3, -0.25) is 4.79 Å². The molecule has 3 aromatic rings. The highest BCUT2D eigenvalue weighted by atomic mass is 35.5. The van der Waals surface area contributed by atoms with Crippen LogP contribution in [0.2, 0.25) is 5.02 Å². The van der Waals surface area contributed by atoms with Crippen molar-refractivity contribution in [3.8, 4) is 0 Å². The molecule has 0 unspecified atom stereocenters. The average Bonchev–Trinajstić information content (AvgIpc) is 2.88. The van der Waals surface area contributed by atoms with Gasteiger partial charge in [-0.2, -0.15) is 0 Å². The Morgan fingerprint density at radius 3 is 2.74 bits per heavy atom. The van der Waals surface area contributed by atoms with Gasteiger partial charge in [0, 0.05) is 10.6 Å². The molecule has 1 aromatic heterocycles. The summed E-state index contributed by atoms with van der Waals surface area (Å²) in [5.41, 5.74) is 1.57. The topological polar surface area (TPSA) is 77.8 Å². The lowest BCUT2D eigenvalue weighted by Crippen LogP contribution is -2.13. The normalized spacial score (nSPS) is 10.9. The third kappa shape index (κ3) is 3.75. The van der Waals surface area contributed by atoms with Crippen LogP contribution < -0.4 is 11.0 Å². The maximum atomic E-state index is 13.1. The number of fused-ring (bicyclic) bond motifs is 1. The van der Waals surface area contributed by atoms with E-state index in [0.29, 0.717) is 21.6 Å². The Morgan fingerprint density at radius 2 is 1.96 bits per heavy atom. The van der Waals surface area contributed by atoms with Crippen LogP contribution >= 0.6 is 23.4 Å². The van der Waals surface area contributed by atoms with Crippen molar-refractivity contribution in [2.45, 2.75) is 4.90 Å². The summed E-state index contributed by atoms with van der Waals surface area (Å²) in [4.78, 5) is 29.1. The minimum absolute atomic E-state index is 0.0253. The Labute approximate surface area is 139 Å². The Balaban J connectivity index is 1.63. The molecule has 3 N–H and O–H groups in total. The Morgan fingerprint density at radius 1 is 1.17 bits per heavy atom. The molecule has 0 aliphatic rings. The monoisotopic (exact) mass is 351 g/mol. The third-order valence-electron chi connectivity index (χ3n) is 3.06. The zero-order valence-corrected chi connectivity index (χ0v) is 13.2. The number of hydrogen-bond acceptors (Lipinski definition) is 3. The van der Waals surface area contributed by atoms with E-state index in [0.717, 1.165) is 0 Å². The first-order chi connectivity index (χ1) is 11.0. The van der Waals surface area contributed by atoms with Crippen LogP contribution in [0.1, 0.15) is 0 Å². The molecule has 0 spiro atoms. The summed E-state index contributed by atoms with van der Waals surface area (Å²) < 4.78 is 13.1. The van der Waals surface area contributed by atoms with Crippen molar-refractivity contribution in [1.82, 2.24) is 9.97 Å². The summed E-state index contributed by atoms with van der Waals surface area (Å²) in [6, 6.07) is 9.38. The fourth-order valence-corrected chi connectivity index (χ4v) is 3.00. The molecule has 3 rings (SSSR count). The number of thioether (sulfide) groups is 1. The SMILES string of the molecule is O=C(CSc1ccc(F)c(Cl)c1)Nc1ccc2[nH]c(=O)[nH]c2c1. The lowest BCUT2D eigenvalue weighted by molar-refractivity contribution is -0.113. The van der Waals surface area contributed by atoms with Crippen molar-refractivity contribution in [1.29, 1.82) is 0 Å². The molecule has 0 fully saturated rings. The van der Waals surface area contributed by atoms with E-state index in [1.54, 1.807) is 24.3 Å². The predicted molar refractivity (Wildman–Crippen MR) is 89.7 cm³/mol. The zero-order chi connectivity index (χ0) is 16.4. The Hall–Kier alpha value is -2.25. The number of carbonyl (C=O) groups is 1. The summed E-state index contributed by atoms with van der Waals surface area (Å²) in [5.74, 6) is -0.550. The van der Waals surface area contributed by atoms with Crippen LogP contribution in [0, 0.1) is 5.82 Å². The third-order valence-corrected chi connectivity index (χ3v) is 4.34. The Kier molecular flexibility index (Phi) is 4.40. The van der Waals surface area contributed by atoms with Gasteiger partial charge >= 0.3 is 5.69 Å². The van der Waals surface area contributed by atoms with Gasteiger partial charge in [-0.25, -0.2) is 9.18 Å². The van der Waals surface area contributed by atoms with Crippen LogP contribution in [0.4, 0.5) is 10.1 Å². The second-order valence-electron chi connectivity index (χ2n) is 4.75. The highest BCUT2D eigenvalue weighted by molar-refractivity contribution is 8.00. The van der Waals surface area contributed by atoms with Crippen LogP contribution in [0.5, 0.6) is 0 Å².